The fourth-order valence-corrected chi connectivity index (χ4v) is 5.38. The van der Waals surface area contributed by atoms with Gasteiger partial charge >= 0.3 is 0 Å². The van der Waals surface area contributed by atoms with Crippen molar-refractivity contribution in [2.45, 2.75) is 12.3 Å². The van der Waals surface area contributed by atoms with Crippen molar-refractivity contribution in [1.29, 1.82) is 0 Å². The second-order valence-corrected chi connectivity index (χ2v) is 9.39. The van der Waals surface area contributed by atoms with Crippen molar-refractivity contribution in [2.75, 3.05) is 23.1 Å². The smallest absolute Gasteiger partial charge is 0.251 e. The van der Waals surface area contributed by atoms with Gasteiger partial charge in [0.15, 0.2) is 0 Å². The Labute approximate surface area is 177 Å². The van der Waals surface area contributed by atoms with Crippen LogP contribution in [-0.4, -0.2) is 33.2 Å². The number of carbonyl (C=O) groups excluding carboxylic acids is 1. The van der Waals surface area contributed by atoms with Crippen molar-refractivity contribution in [3.05, 3.63) is 102 Å². The van der Waals surface area contributed by atoms with Gasteiger partial charge in [-0.25, -0.2) is 8.42 Å². The fourth-order valence-electron chi connectivity index (χ4n) is 3.83. The van der Waals surface area contributed by atoms with Crippen LogP contribution in [0.25, 0.3) is 0 Å². The Morgan fingerprint density at radius 2 is 1.53 bits per heavy atom. The number of sulfonamides is 1. The minimum Gasteiger partial charge on any atom is -0.351 e. The summed E-state index contributed by atoms with van der Waals surface area (Å²) in [5.41, 5.74) is 3.25. The molecule has 1 aliphatic heterocycles. The van der Waals surface area contributed by atoms with Gasteiger partial charge in [0.2, 0.25) is 10.0 Å². The van der Waals surface area contributed by atoms with Crippen LogP contribution < -0.4 is 9.62 Å². The number of anilines is 1. The van der Waals surface area contributed by atoms with E-state index in [4.69, 9.17) is 0 Å². The van der Waals surface area contributed by atoms with E-state index in [0.717, 1.165) is 11.1 Å². The summed E-state index contributed by atoms with van der Waals surface area (Å²) < 4.78 is 25.8. The van der Waals surface area contributed by atoms with Crippen molar-refractivity contribution in [1.82, 2.24) is 5.32 Å². The van der Waals surface area contributed by atoms with Crippen molar-refractivity contribution in [3.63, 3.8) is 0 Å². The summed E-state index contributed by atoms with van der Waals surface area (Å²) in [4.78, 5) is 12.9. The molecule has 4 rings (SSSR count). The van der Waals surface area contributed by atoms with E-state index in [1.807, 2.05) is 36.4 Å². The fraction of sp³-hybridized carbons (Fsp3) is 0.208. The van der Waals surface area contributed by atoms with Crippen LogP contribution in [0.5, 0.6) is 0 Å². The molecule has 30 heavy (non-hydrogen) atoms. The Bertz CT molecular complexity index is 1080. The van der Waals surface area contributed by atoms with Gasteiger partial charge in [-0.1, -0.05) is 66.7 Å². The maximum atomic E-state index is 12.9. The Hall–Kier alpha value is -3.12. The molecule has 0 radical (unpaired) electrons. The van der Waals surface area contributed by atoms with Gasteiger partial charge in [0.05, 0.1) is 11.4 Å². The van der Waals surface area contributed by atoms with Crippen molar-refractivity contribution < 1.29 is 13.2 Å². The van der Waals surface area contributed by atoms with Crippen molar-refractivity contribution in [3.8, 4) is 0 Å². The monoisotopic (exact) mass is 420 g/mol. The van der Waals surface area contributed by atoms with Crippen LogP contribution in [0.3, 0.4) is 0 Å². The summed E-state index contributed by atoms with van der Waals surface area (Å²) in [5.74, 6) is -0.0389. The molecule has 6 heteroatoms. The zero-order chi connectivity index (χ0) is 21.0. The molecular formula is C24H24N2O3S. The van der Waals surface area contributed by atoms with E-state index in [2.05, 4.69) is 29.6 Å². The average molecular weight is 421 g/mol. The highest BCUT2D eigenvalue weighted by atomic mass is 32.2. The molecule has 0 unspecified atom stereocenters. The lowest BCUT2D eigenvalue weighted by molar-refractivity contribution is 0.0952. The van der Waals surface area contributed by atoms with E-state index in [-0.39, 0.29) is 17.6 Å². The number of carbonyl (C=O) groups is 1. The van der Waals surface area contributed by atoms with E-state index in [1.165, 1.54) is 4.31 Å². The Balaban J connectivity index is 1.52. The number of benzene rings is 3. The van der Waals surface area contributed by atoms with Gasteiger partial charge in [-0.05, 0) is 35.7 Å². The SMILES string of the molecule is O=C(NCC(c1ccccc1)c1ccccc1)c1cccc(N2CCCS2(=O)=O)c1. The predicted octanol–water partition coefficient (Wildman–Crippen LogP) is 3.79. The molecule has 0 aromatic heterocycles. The first-order chi connectivity index (χ1) is 14.5. The van der Waals surface area contributed by atoms with Crippen LogP contribution in [0.2, 0.25) is 0 Å². The molecule has 0 spiro atoms. The van der Waals surface area contributed by atoms with E-state index in [9.17, 15) is 13.2 Å². The lowest BCUT2D eigenvalue weighted by atomic mass is 9.91. The highest BCUT2D eigenvalue weighted by Gasteiger charge is 2.28. The summed E-state index contributed by atoms with van der Waals surface area (Å²) in [7, 11) is -3.28. The second-order valence-electron chi connectivity index (χ2n) is 7.38. The Kier molecular flexibility index (Phi) is 5.86. The molecule has 154 valence electrons. The van der Waals surface area contributed by atoms with E-state index >= 15 is 0 Å². The van der Waals surface area contributed by atoms with Crippen LogP contribution in [0.15, 0.2) is 84.9 Å². The molecule has 0 bridgehead atoms. The van der Waals surface area contributed by atoms with Gasteiger partial charge < -0.3 is 5.32 Å². The number of nitrogens with zero attached hydrogens (tertiary/aromatic N) is 1. The molecule has 0 atom stereocenters. The van der Waals surface area contributed by atoms with E-state index in [0.29, 0.717) is 30.8 Å². The van der Waals surface area contributed by atoms with E-state index < -0.39 is 10.0 Å². The highest BCUT2D eigenvalue weighted by molar-refractivity contribution is 7.93. The Morgan fingerprint density at radius 1 is 0.900 bits per heavy atom. The molecule has 0 aliphatic carbocycles. The van der Waals surface area contributed by atoms with Gasteiger partial charge in [-0.2, -0.15) is 0 Å². The average Bonchev–Trinajstić information content (AvgIpc) is 3.14. The van der Waals surface area contributed by atoms with E-state index in [1.54, 1.807) is 24.3 Å². The molecule has 1 aliphatic rings. The number of amides is 1. The number of rotatable bonds is 6. The van der Waals surface area contributed by atoms with Crippen molar-refractivity contribution in [2.24, 2.45) is 0 Å². The summed E-state index contributed by atoms with van der Waals surface area (Å²) in [6.45, 7) is 0.899. The first kappa shape index (κ1) is 20.2. The molecule has 1 fully saturated rings. The second kappa shape index (κ2) is 8.71. The van der Waals surface area contributed by atoms with Crippen LogP contribution in [0.4, 0.5) is 5.69 Å². The molecule has 3 aromatic carbocycles. The summed E-state index contributed by atoms with van der Waals surface area (Å²) in [5, 5.41) is 3.03. The topological polar surface area (TPSA) is 66.5 Å². The van der Waals surface area contributed by atoms with Gasteiger partial charge in [-0.15, -0.1) is 0 Å². The van der Waals surface area contributed by atoms with Crippen LogP contribution in [-0.2, 0) is 10.0 Å². The van der Waals surface area contributed by atoms with Crippen LogP contribution in [0.1, 0.15) is 33.8 Å². The molecule has 1 saturated heterocycles. The largest absolute Gasteiger partial charge is 0.351 e. The highest BCUT2D eigenvalue weighted by Crippen LogP contribution is 2.26. The maximum Gasteiger partial charge on any atom is 0.251 e. The minimum atomic E-state index is -3.28. The zero-order valence-electron chi connectivity index (χ0n) is 16.6. The lowest BCUT2D eigenvalue weighted by Gasteiger charge is -2.20. The standard InChI is InChI=1S/C24H24N2O3S/c27-24(21-13-7-14-22(17-21)26-15-8-16-30(26,28)29)25-18-23(19-9-3-1-4-10-19)20-11-5-2-6-12-20/h1-7,9-14,17,23H,8,15-16,18H2,(H,25,27). The van der Waals surface area contributed by atoms with Crippen LogP contribution in [0, 0.1) is 0 Å². The molecule has 3 aromatic rings. The molecule has 0 saturated carbocycles. The first-order valence-corrected chi connectivity index (χ1v) is 11.6. The normalized spacial score (nSPS) is 15.3. The molecular weight excluding hydrogens is 396 g/mol. The third kappa shape index (κ3) is 4.39. The van der Waals surface area contributed by atoms with Crippen LogP contribution >= 0.6 is 0 Å². The lowest BCUT2D eigenvalue weighted by Crippen LogP contribution is -2.29. The maximum absolute atomic E-state index is 12.9. The molecule has 5 nitrogen and oxygen atoms in total. The third-order valence-electron chi connectivity index (χ3n) is 5.37. The van der Waals surface area contributed by atoms with Gasteiger partial charge in [0.25, 0.3) is 5.91 Å². The summed E-state index contributed by atoms with van der Waals surface area (Å²) in [6, 6.07) is 27.0. The molecule has 1 amide bonds. The summed E-state index contributed by atoms with van der Waals surface area (Å²) in [6.07, 6.45) is 0.606. The first-order valence-electron chi connectivity index (χ1n) is 10.0. The molecule has 1 N–H and O–H groups in total. The van der Waals surface area contributed by atoms with Gasteiger partial charge in [-0.3, -0.25) is 9.10 Å². The minimum absolute atomic E-state index is 0.0264. The number of nitrogens with one attached hydrogen (secondary N) is 1. The zero-order valence-corrected chi connectivity index (χ0v) is 17.4. The predicted molar refractivity (Wildman–Crippen MR) is 119 cm³/mol. The number of hydrogen-bond donors (Lipinski definition) is 1. The third-order valence-corrected chi connectivity index (χ3v) is 7.24. The molecule has 1 heterocycles. The van der Waals surface area contributed by atoms with Gasteiger partial charge in [0, 0.05) is 24.6 Å². The summed E-state index contributed by atoms with van der Waals surface area (Å²) >= 11 is 0. The van der Waals surface area contributed by atoms with Gasteiger partial charge in [0.1, 0.15) is 0 Å². The quantitative estimate of drug-likeness (QED) is 0.660. The Morgan fingerprint density at radius 3 is 2.10 bits per heavy atom. The number of hydrogen-bond acceptors (Lipinski definition) is 3. The van der Waals surface area contributed by atoms with Crippen molar-refractivity contribution >= 4 is 21.6 Å².